The standard InChI is InChI=1S/C20H27N3O5/c1-6-11-26-16-9-7-8-10-17(16)27-12-18(24)28-15(4)20(25)21-19-13(2)22-23(5)14(19)3/h7-10,15H,6,11-12H2,1-5H3,(H,21,25)/t15-/m0/s1. The quantitative estimate of drug-likeness (QED) is 0.663. The van der Waals surface area contributed by atoms with Crippen LogP contribution in [0.25, 0.3) is 0 Å². The van der Waals surface area contributed by atoms with E-state index in [4.69, 9.17) is 14.2 Å². The molecule has 1 N–H and O–H groups in total. The summed E-state index contributed by atoms with van der Waals surface area (Å²) in [5.41, 5.74) is 2.13. The maximum Gasteiger partial charge on any atom is 0.344 e. The maximum absolute atomic E-state index is 12.3. The second-order valence-corrected chi connectivity index (χ2v) is 6.37. The lowest BCUT2D eigenvalue weighted by atomic mass is 10.3. The molecule has 0 aliphatic rings. The van der Waals surface area contributed by atoms with Crippen molar-refractivity contribution in [1.29, 1.82) is 0 Å². The van der Waals surface area contributed by atoms with Crippen molar-refractivity contribution in [3.63, 3.8) is 0 Å². The number of anilines is 1. The van der Waals surface area contributed by atoms with Gasteiger partial charge in [-0.05, 0) is 39.3 Å². The van der Waals surface area contributed by atoms with Crippen LogP contribution in [0.15, 0.2) is 24.3 Å². The van der Waals surface area contributed by atoms with E-state index in [1.807, 2.05) is 19.9 Å². The highest BCUT2D eigenvalue weighted by Crippen LogP contribution is 2.26. The highest BCUT2D eigenvalue weighted by Gasteiger charge is 2.21. The molecular formula is C20H27N3O5. The smallest absolute Gasteiger partial charge is 0.344 e. The van der Waals surface area contributed by atoms with Crippen molar-refractivity contribution in [3.8, 4) is 11.5 Å². The maximum atomic E-state index is 12.3. The Labute approximate surface area is 164 Å². The third kappa shape index (κ3) is 5.48. The molecule has 152 valence electrons. The normalized spacial score (nSPS) is 11.6. The summed E-state index contributed by atoms with van der Waals surface area (Å²) in [6.45, 7) is 7.38. The zero-order valence-corrected chi connectivity index (χ0v) is 16.9. The van der Waals surface area contributed by atoms with E-state index in [0.29, 0.717) is 29.5 Å². The van der Waals surface area contributed by atoms with Crippen LogP contribution in [0.5, 0.6) is 11.5 Å². The summed E-state index contributed by atoms with van der Waals surface area (Å²) in [4.78, 5) is 24.4. The van der Waals surface area contributed by atoms with Crippen LogP contribution in [-0.2, 0) is 21.4 Å². The van der Waals surface area contributed by atoms with Crippen LogP contribution in [0.2, 0.25) is 0 Å². The van der Waals surface area contributed by atoms with Crippen LogP contribution >= 0.6 is 0 Å². The number of hydrogen-bond donors (Lipinski definition) is 1. The summed E-state index contributed by atoms with van der Waals surface area (Å²) >= 11 is 0. The second-order valence-electron chi connectivity index (χ2n) is 6.37. The number of carbonyl (C=O) groups is 2. The molecule has 0 radical (unpaired) electrons. The van der Waals surface area contributed by atoms with Gasteiger partial charge in [0.1, 0.15) is 0 Å². The number of amides is 1. The molecule has 1 amide bonds. The van der Waals surface area contributed by atoms with E-state index in [0.717, 1.165) is 12.1 Å². The van der Waals surface area contributed by atoms with Crippen LogP contribution in [0.1, 0.15) is 31.7 Å². The fourth-order valence-electron chi connectivity index (χ4n) is 2.50. The first-order valence-corrected chi connectivity index (χ1v) is 9.18. The Morgan fingerprint density at radius 2 is 1.82 bits per heavy atom. The number of aryl methyl sites for hydroxylation is 2. The van der Waals surface area contributed by atoms with Gasteiger partial charge in [0, 0.05) is 7.05 Å². The van der Waals surface area contributed by atoms with Gasteiger partial charge >= 0.3 is 5.97 Å². The van der Waals surface area contributed by atoms with Crippen LogP contribution in [0.3, 0.4) is 0 Å². The summed E-state index contributed by atoms with van der Waals surface area (Å²) in [6, 6.07) is 7.09. The van der Waals surface area contributed by atoms with Gasteiger partial charge in [0.2, 0.25) is 0 Å². The Balaban J connectivity index is 1.88. The fraction of sp³-hybridized carbons (Fsp3) is 0.450. The molecule has 8 nitrogen and oxygen atoms in total. The first-order valence-electron chi connectivity index (χ1n) is 9.18. The summed E-state index contributed by atoms with van der Waals surface area (Å²) in [7, 11) is 1.79. The second kappa shape index (κ2) is 9.77. The molecule has 1 heterocycles. The summed E-state index contributed by atoms with van der Waals surface area (Å²) in [5, 5.41) is 6.99. The van der Waals surface area contributed by atoms with Crippen molar-refractivity contribution in [3.05, 3.63) is 35.7 Å². The van der Waals surface area contributed by atoms with Crippen LogP contribution in [0, 0.1) is 13.8 Å². The van der Waals surface area contributed by atoms with E-state index in [-0.39, 0.29) is 6.61 Å². The van der Waals surface area contributed by atoms with Gasteiger partial charge in [0.15, 0.2) is 24.2 Å². The number of carbonyl (C=O) groups excluding carboxylic acids is 2. The van der Waals surface area contributed by atoms with E-state index in [1.165, 1.54) is 6.92 Å². The SMILES string of the molecule is CCCOc1ccccc1OCC(=O)O[C@@H](C)C(=O)Nc1c(C)nn(C)c1C. The summed E-state index contributed by atoms with van der Waals surface area (Å²) in [5.74, 6) is -0.0658. The lowest BCUT2D eigenvalue weighted by Crippen LogP contribution is -2.32. The van der Waals surface area contributed by atoms with E-state index < -0.39 is 18.0 Å². The minimum absolute atomic E-state index is 0.324. The van der Waals surface area contributed by atoms with Crippen molar-refractivity contribution in [2.45, 2.75) is 40.2 Å². The van der Waals surface area contributed by atoms with Gasteiger partial charge in [-0.1, -0.05) is 19.1 Å². The highest BCUT2D eigenvalue weighted by atomic mass is 16.6. The van der Waals surface area contributed by atoms with Crippen LogP contribution in [-0.4, -0.2) is 41.0 Å². The number of aromatic nitrogens is 2. The van der Waals surface area contributed by atoms with Gasteiger partial charge in [-0.3, -0.25) is 9.48 Å². The molecule has 0 saturated carbocycles. The number of nitrogens with zero attached hydrogens (tertiary/aromatic N) is 2. The Morgan fingerprint density at radius 3 is 2.39 bits per heavy atom. The average Bonchev–Trinajstić information content (AvgIpc) is 2.91. The van der Waals surface area contributed by atoms with Gasteiger partial charge in [-0.15, -0.1) is 0 Å². The topological polar surface area (TPSA) is 91.7 Å². The minimum atomic E-state index is -0.971. The van der Waals surface area contributed by atoms with Crippen molar-refractivity contribution >= 4 is 17.6 Å². The monoisotopic (exact) mass is 389 g/mol. The molecule has 0 spiro atoms. The molecule has 2 rings (SSSR count). The zero-order valence-electron chi connectivity index (χ0n) is 16.9. The Bertz CT molecular complexity index is 831. The third-order valence-electron chi connectivity index (χ3n) is 4.09. The largest absolute Gasteiger partial charge is 0.490 e. The number of hydrogen-bond acceptors (Lipinski definition) is 6. The molecule has 0 saturated heterocycles. The Morgan fingerprint density at radius 1 is 1.18 bits per heavy atom. The van der Waals surface area contributed by atoms with Crippen LogP contribution in [0.4, 0.5) is 5.69 Å². The van der Waals surface area contributed by atoms with Gasteiger partial charge < -0.3 is 19.5 Å². The number of ether oxygens (including phenoxy) is 3. The van der Waals surface area contributed by atoms with Crippen molar-refractivity contribution < 1.29 is 23.8 Å². The predicted molar refractivity (Wildman–Crippen MR) is 105 cm³/mol. The van der Waals surface area contributed by atoms with Gasteiger partial charge in [0.25, 0.3) is 5.91 Å². The zero-order chi connectivity index (χ0) is 20.7. The van der Waals surface area contributed by atoms with E-state index in [2.05, 4.69) is 10.4 Å². The lowest BCUT2D eigenvalue weighted by molar-refractivity contribution is -0.155. The molecule has 1 aromatic heterocycles. The average molecular weight is 389 g/mol. The van der Waals surface area contributed by atoms with Crippen LogP contribution < -0.4 is 14.8 Å². The predicted octanol–water partition coefficient (Wildman–Crippen LogP) is 2.77. The summed E-state index contributed by atoms with van der Waals surface area (Å²) in [6.07, 6.45) is -0.111. The molecule has 2 aromatic rings. The Kier molecular flexibility index (Phi) is 7.43. The molecule has 0 aliphatic carbocycles. The molecule has 8 heteroatoms. The lowest BCUT2D eigenvalue weighted by Gasteiger charge is -2.15. The number of para-hydroxylation sites is 2. The molecule has 28 heavy (non-hydrogen) atoms. The molecule has 1 atom stereocenters. The minimum Gasteiger partial charge on any atom is -0.490 e. The van der Waals surface area contributed by atoms with Gasteiger partial charge in [-0.2, -0.15) is 5.10 Å². The first-order chi connectivity index (χ1) is 13.3. The van der Waals surface area contributed by atoms with Crippen molar-refractivity contribution in [2.75, 3.05) is 18.5 Å². The first kappa shape index (κ1) is 21.3. The summed E-state index contributed by atoms with van der Waals surface area (Å²) < 4.78 is 17.9. The third-order valence-corrected chi connectivity index (χ3v) is 4.09. The molecule has 0 unspecified atom stereocenters. The number of nitrogens with one attached hydrogen (secondary N) is 1. The fourth-order valence-corrected chi connectivity index (χ4v) is 2.50. The molecule has 0 fully saturated rings. The van der Waals surface area contributed by atoms with Crippen molar-refractivity contribution in [2.24, 2.45) is 7.05 Å². The Hall–Kier alpha value is -3.03. The number of benzene rings is 1. The van der Waals surface area contributed by atoms with E-state index in [9.17, 15) is 9.59 Å². The molecular weight excluding hydrogens is 362 g/mol. The van der Waals surface area contributed by atoms with Gasteiger partial charge in [0.05, 0.1) is 23.7 Å². The number of esters is 1. The highest BCUT2D eigenvalue weighted by molar-refractivity contribution is 5.96. The van der Waals surface area contributed by atoms with Crippen molar-refractivity contribution in [1.82, 2.24) is 9.78 Å². The molecule has 0 aliphatic heterocycles. The van der Waals surface area contributed by atoms with E-state index >= 15 is 0 Å². The number of rotatable bonds is 9. The van der Waals surface area contributed by atoms with E-state index in [1.54, 1.807) is 36.9 Å². The van der Waals surface area contributed by atoms with Gasteiger partial charge in [-0.25, -0.2) is 4.79 Å². The molecule has 1 aromatic carbocycles. The molecule has 0 bridgehead atoms.